The number of carbonyl (C=O) groups excluding carboxylic acids is 2. The molecule has 3 unspecified atom stereocenters. The van der Waals surface area contributed by atoms with E-state index in [-0.39, 0.29) is 24.1 Å². The number of ketones is 1. The summed E-state index contributed by atoms with van der Waals surface area (Å²) in [6.07, 6.45) is 2.46. The smallest absolute Gasteiger partial charge is 0.336 e. The number of carbonyl (C=O) groups is 2. The van der Waals surface area contributed by atoms with Gasteiger partial charge in [-0.15, -0.1) is 11.3 Å². The van der Waals surface area contributed by atoms with E-state index in [9.17, 15) is 14.0 Å². The minimum Gasteiger partial charge on any atom is -0.457 e. The van der Waals surface area contributed by atoms with Gasteiger partial charge in [-0.2, -0.15) is 0 Å². The first kappa shape index (κ1) is 22.3. The summed E-state index contributed by atoms with van der Waals surface area (Å²) in [5, 5.41) is 5.34. The maximum Gasteiger partial charge on any atom is 0.336 e. The van der Waals surface area contributed by atoms with Crippen LogP contribution in [-0.2, 0) is 20.9 Å². The van der Waals surface area contributed by atoms with Crippen molar-refractivity contribution in [3.8, 4) is 0 Å². The highest BCUT2D eigenvalue weighted by Gasteiger charge is 2.45. The molecule has 0 fully saturated rings. The summed E-state index contributed by atoms with van der Waals surface area (Å²) in [5.41, 5.74) is 3.44. The zero-order chi connectivity index (χ0) is 23.7. The molecule has 0 amide bonds. The van der Waals surface area contributed by atoms with Gasteiger partial charge in [-0.3, -0.25) is 4.79 Å². The van der Waals surface area contributed by atoms with Gasteiger partial charge in [0, 0.05) is 34.5 Å². The molecule has 0 radical (unpaired) electrons. The molecule has 1 N–H and O–H groups in total. The molecule has 172 valence electrons. The van der Waals surface area contributed by atoms with Crippen molar-refractivity contribution in [2.45, 2.75) is 31.8 Å². The maximum atomic E-state index is 13.7. The normalized spacial score (nSPS) is 22.0. The minimum absolute atomic E-state index is 0.000463. The third-order valence-corrected chi connectivity index (χ3v) is 7.44. The van der Waals surface area contributed by atoms with Crippen molar-refractivity contribution in [1.29, 1.82) is 0 Å². The molecule has 0 spiro atoms. The SMILES string of the molecule is CC1=C(C(=O)OCc2ccccc2)C(c2ccc(F)cc2)C2C(=O)CC(c3cccs3)C=C2N1. The van der Waals surface area contributed by atoms with E-state index in [4.69, 9.17) is 4.74 Å². The molecular formula is C28H24FNO3S. The number of nitrogens with one attached hydrogen (secondary N) is 1. The van der Waals surface area contributed by atoms with Crippen molar-refractivity contribution in [3.63, 3.8) is 0 Å². The topological polar surface area (TPSA) is 55.4 Å². The summed E-state index contributed by atoms with van der Waals surface area (Å²) in [7, 11) is 0. The van der Waals surface area contributed by atoms with Crippen LogP contribution in [0.1, 0.15) is 41.2 Å². The van der Waals surface area contributed by atoms with Crippen LogP contribution in [0.25, 0.3) is 0 Å². The van der Waals surface area contributed by atoms with Crippen LogP contribution in [0.2, 0.25) is 0 Å². The molecule has 2 aromatic carbocycles. The van der Waals surface area contributed by atoms with Gasteiger partial charge >= 0.3 is 5.97 Å². The second kappa shape index (κ2) is 9.39. The number of hydrogen-bond acceptors (Lipinski definition) is 5. The van der Waals surface area contributed by atoms with Gasteiger partial charge in [0.05, 0.1) is 11.5 Å². The first-order valence-corrected chi connectivity index (χ1v) is 12.1. The molecule has 0 saturated carbocycles. The Hall–Kier alpha value is -3.51. The first-order valence-electron chi connectivity index (χ1n) is 11.2. The molecule has 2 heterocycles. The van der Waals surface area contributed by atoms with Gasteiger partial charge in [0.25, 0.3) is 0 Å². The lowest BCUT2D eigenvalue weighted by molar-refractivity contribution is -0.141. The summed E-state index contributed by atoms with van der Waals surface area (Å²) in [4.78, 5) is 28.0. The highest BCUT2D eigenvalue weighted by molar-refractivity contribution is 7.10. The second-order valence-electron chi connectivity index (χ2n) is 8.65. The zero-order valence-corrected chi connectivity index (χ0v) is 19.5. The Morgan fingerprint density at radius 2 is 1.82 bits per heavy atom. The summed E-state index contributed by atoms with van der Waals surface area (Å²) in [6.45, 7) is 1.96. The highest BCUT2D eigenvalue weighted by atomic mass is 32.1. The molecular weight excluding hydrogens is 449 g/mol. The van der Waals surface area contributed by atoms with E-state index in [1.165, 1.54) is 12.1 Å². The molecule has 1 aliphatic carbocycles. The van der Waals surface area contributed by atoms with E-state index in [1.807, 2.05) is 54.8 Å². The fraction of sp³-hybridized carbons (Fsp3) is 0.214. The number of allylic oxidation sites excluding steroid dienone is 3. The number of ether oxygens (including phenoxy) is 1. The van der Waals surface area contributed by atoms with E-state index >= 15 is 0 Å². The fourth-order valence-electron chi connectivity index (χ4n) is 4.86. The maximum absolute atomic E-state index is 13.7. The predicted octanol–water partition coefficient (Wildman–Crippen LogP) is 5.85. The third kappa shape index (κ3) is 4.33. The van der Waals surface area contributed by atoms with Gasteiger partial charge in [-0.05, 0) is 41.6 Å². The zero-order valence-electron chi connectivity index (χ0n) is 18.7. The van der Waals surface area contributed by atoms with Crippen LogP contribution >= 0.6 is 11.3 Å². The van der Waals surface area contributed by atoms with E-state index in [1.54, 1.807) is 23.5 Å². The van der Waals surface area contributed by atoms with Crippen molar-refractivity contribution < 1.29 is 18.7 Å². The average molecular weight is 474 g/mol. The van der Waals surface area contributed by atoms with Crippen LogP contribution in [0, 0.1) is 11.7 Å². The van der Waals surface area contributed by atoms with Crippen molar-refractivity contribution in [1.82, 2.24) is 5.32 Å². The van der Waals surface area contributed by atoms with Crippen LogP contribution in [0.15, 0.2) is 95.2 Å². The Kier molecular flexibility index (Phi) is 6.16. The summed E-state index contributed by atoms with van der Waals surface area (Å²) < 4.78 is 19.4. The Balaban J connectivity index is 1.53. The number of fused-ring (bicyclic) bond motifs is 1. The second-order valence-corrected chi connectivity index (χ2v) is 9.63. The van der Waals surface area contributed by atoms with Crippen LogP contribution in [0.4, 0.5) is 4.39 Å². The van der Waals surface area contributed by atoms with Crippen LogP contribution < -0.4 is 5.32 Å². The largest absolute Gasteiger partial charge is 0.457 e. The lowest BCUT2D eigenvalue weighted by Crippen LogP contribution is -2.41. The fourth-order valence-corrected chi connectivity index (χ4v) is 5.66. The Labute approximate surface area is 201 Å². The van der Waals surface area contributed by atoms with Gasteiger partial charge in [-0.25, -0.2) is 9.18 Å². The number of benzene rings is 2. The number of rotatable bonds is 5. The number of Topliss-reactive ketones (excluding diaryl/α,β-unsaturated/α-hetero) is 1. The monoisotopic (exact) mass is 473 g/mol. The van der Waals surface area contributed by atoms with Crippen molar-refractivity contribution in [2.75, 3.05) is 0 Å². The van der Waals surface area contributed by atoms with E-state index in [0.29, 0.717) is 23.3 Å². The molecule has 1 aromatic heterocycles. The molecule has 6 heteroatoms. The lowest BCUT2D eigenvalue weighted by Gasteiger charge is -2.39. The van der Waals surface area contributed by atoms with Crippen molar-refractivity contribution in [3.05, 3.63) is 117 Å². The van der Waals surface area contributed by atoms with E-state index in [2.05, 4.69) is 11.4 Å². The molecule has 34 heavy (non-hydrogen) atoms. The Morgan fingerprint density at radius 3 is 2.53 bits per heavy atom. The van der Waals surface area contributed by atoms with Crippen LogP contribution in [0.5, 0.6) is 0 Å². The van der Waals surface area contributed by atoms with Crippen LogP contribution in [-0.4, -0.2) is 11.8 Å². The molecule has 0 saturated heterocycles. The van der Waals surface area contributed by atoms with Gasteiger partial charge in [0.2, 0.25) is 0 Å². The van der Waals surface area contributed by atoms with Gasteiger partial charge in [0.15, 0.2) is 0 Å². The predicted molar refractivity (Wildman–Crippen MR) is 129 cm³/mol. The first-order chi connectivity index (χ1) is 16.5. The number of halogens is 1. The summed E-state index contributed by atoms with van der Waals surface area (Å²) >= 11 is 1.63. The Bertz CT molecular complexity index is 1260. The molecule has 4 nitrogen and oxygen atoms in total. The van der Waals surface area contributed by atoms with Gasteiger partial charge in [0.1, 0.15) is 18.2 Å². The third-order valence-electron chi connectivity index (χ3n) is 6.43. The minimum atomic E-state index is -0.551. The van der Waals surface area contributed by atoms with Gasteiger partial charge < -0.3 is 10.1 Å². The van der Waals surface area contributed by atoms with E-state index < -0.39 is 17.8 Å². The molecule has 3 aromatic rings. The molecule has 0 bridgehead atoms. The average Bonchev–Trinajstić information content (AvgIpc) is 3.38. The molecule has 3 atom stereocenters. The Morgan fingerprint density at radius 1 is 1.06 bits per heavy atom. The van der Waals surface area contributed by atoms with Crippen LogP contribution in [0.3, 0.4) is 0 Å². The van der Waals surface area contributed by atoms with E-state index in [0.717, 1.165) is 16.1 Å². The lowest BCUT2D eigenvalue weighted by atomic mass is 9.69. The van der Waals surface area contributed by atoms with Crippen molar-refractivity contribution >= 4 is 23.1 Å². The summed E-state index contributed by atoms with van der Waals surface area (Å²) in [5.74, 6) is -1.89. The quantitative estimate of drug-likeness (QED) is 0.473. The molecule has 1 aliphatic heterocycles. The molecule has 5 rings (SSSR count). The van der Waals surface area contributed by atoms with Gasteiger partial charge in [-0.1, -0.05) is 54.6 Å². The molecule has 2 aliphatic rings. The summed E-state index contributed by atoms with van der Waals surface area (Å²) in [6, 6.07) is 19.5. The number of hydrogen-bond donors (Lipinski definition) is 1. The number of thiophene rings is 1. The number of esters is 1. The highest BCUT2D eigenvalue weighted by Crippen LogP contribution is 2.46. The standard InChI is InChI=1S/C28H24FNO3S/c1-17-25(28(32)33-16-18-6-3-2-4-7-18)26(19-9-11-21(29)12-10-19)27-22(30-17)14-20(15-23(27)31)24-8-5-13-34-24/h2-14,20,26-27,30H,15-16H2,1H3. The van der Waals surface area contributed by atoms with Crippen molar-refractivity contribution in [2.24, 2.45) is 5.92 Å².